The molecule has 3 N–H and O–H groups in total. The summed E-state index contributed by atoms with van der Waals surface area (Å²) in [6.07, 6.45) is 1.67. The second kappa shape index (κ2) is 6.36. The third-order valence-electron chi connectivity index (χ3n) is 3.43. The fourth-order valence-electron chi connectivity index (χ4n) is 2.40. The van der Waals surface area contributed by atoms with Crippen LogP contribution in [0.3, 0.4) is 0 Å². The maximum absolute atomic E-state index is 10.4. The topological polar surface area (TPSA) is 81.3 Å². The molecule has 0 atom stereocenters. The lowest BCUT2D eigenvalue weighted by molar-refractivity contribution is 0.338. The number of phenols is 1. The molecule has 0 aliphatic carbocycles. The number of aromatic nitrogens is 2. The van der Waals surface area contributed by atoms with Crippen molar-refractivity contribution in [2.45, 2.75) is 6.92 Å². The predicted molar refractivity (Wildman–Crippen MR) is 90.2 cm³/mol. The van der Waals surface area contributed by atoms with Crippen molar-refractivity contribution in [3.05, 3.63) is 54.7 Å². The van der Waals surface area contributed by atoms with Gasteiger partial charge in [-0.15, -0.1) is 0 Å². The Balaban J connectivity index is 2.14. The van der Waals surface area contributed by atoms with Crippen molar-refractivity contribution in [1.29, 1.82) is 0 Å². The van der Waals surface area contributed by atoms with Gasteiger partial charge in [0.15, 0.2) is 0 Å². The Morgan fingerprint density at radius 2 is 1.87 bits per heavy atom. The summed E-state index contributed by atoms with van der Waals surface area (Å²) >= 11 is 0. The van der Waals surface area contributed by atoms with E-state index in [1.165, 1.54) is 0 Å². The normalized spacial score (nSPS) is 10.5. The molecule has 0 radical (unpaired) electrons. The highest BCUT2D eigenvalue weighted by Gasteiger charge is 2.14. The van der Waals surface area contributed by atoms with Gasteiger partial charge in [-0.2, -0.15) is 0 Å². The quantitative estimate of drug-likeness (QED) is 0.771. The molecule has 0 saturated carbocycles. The molecule has 0 bridgehead atoms. The summed E-state index contributed by atoms with van der Waals surface area (Å²) < 4.78 is 5.40. The van der Waals surface area contributed by atoms with Crippen molar-refractivity contribution < 1.29 is 9.84 Å². The SMILES string of the molecule is CCOc1ccc(-c2nc(N)ncc2-c2ccccc2)c(O)c1. The first-order valence-corrected chi connectivity index (χ1v) is 7.33. The Bertz CT molecular complexity index is 820. The van der Waals surface area contributed by atoms with E-state index in [0.29, 0.717) is 23.6 Å². The predicted octanol–water partition coefficient (Wildman–Crippen LogP) is 3.50. The van der Waals surface area contributed by atoms with Gasteiger partial charge in [0.05, 0.1) is 12.3 Å². The van der Waals surface area contributed by atoms with Crippen LogP contribution in [0.1, 0.15) is 6.92 Å². The minimum absolute atomic E-state index is 0.0891. The van der Waals surface area contributed by atoms with Crippen LogP contribution in [0.4, 0.5) is 5.95 Å². The van der Waals surface area contributed by atoms with E-state index < -0.39 is 0 Å². The Hall–Kier alpha value is -3.08. The number of phenolic OH excluding ortho intramolecular Hbond substituents is 1. The van der Waals surface area contributed by atoms with E-state index in [1.54, 1.807) is 24.4 Å². The van der Waals surface area contributed by atoms with Gasteiger partial charge in [0.25, 0.3) is 0 Å². The standard InChI is InChI=1S/C18H17N3O2/c1-2-23-13-8-9-14(16(22)10-13)17-15(11-20-18(19)21-17)12-6-4-3-5-7-12/h3-11,22H,2H2,1H3,(H2,19,20,21). The lowest BCUT2D eigenvalue weighted by Crippen LogP contribution is -1.99. The summed E-state index contributed by atoms with van der Waals surface area (Å²) in [5.74, 6) is 0.858. The summed E-state index contributed by atoms with van der Waals surface area (Å²) in [5, 5.41) is 10.4. The van der Waals surface area contributed by atoms with Crippen molar-refractivity contribution in [3.8, 4) is 33.9 Å². The number of ether oxygens (including phenoxy) is 1. The Kier molecular flexibility index (Phi) is 4.10. The molecule has 2 aromatic carbocycles. The highest BCUT2D eigenvalue weighted by molar-refractivity contribution is 5.83. The third-order valence-corrected chi connectivity index (χ3v) is 3.43. The van der Waals surface area contributed by atoms with Crippen LogP contribution < -0.4 is 10.5 Å². The molecule has 1 heterocycles. The number of hydrogen-bond acceptors (Lipinski definition) is 5. The number of anilines is 1. The van der Waals surface area contributed by atoms with Crippen LogP contribution in [-0.2, 0) is 0 Å². The molecule has 3 rings (SSSR count). The second-order valence-electron chi connectivity index (χ2n) is 4.97. The van der Waals surface area contributed by atoms with Gasteiger partial charge in [-0.3, -0.25) is 0 Å². The molecule has 0 fully saturated rings. The molecule has 0 spiro atoms. The monoisotopic (exact) mass is 307 g/mol. The number of aromatic hydroxyl groups is 1. The number of hydrogen-bond donors (Lipinski definition) is 2. The van der Waals surface area contributed by atoms with E-state index in [9.17, 15) is 5.11 Å². The first-order valence-electron chi connectivity index (χ1n) is 7.33. The van der Waals surface area contributed by atoms with Gasteiger partial charge in [-0.25, -0.2) is 9.97 Å². The van der Waals surface area contributed by atoms with E-state index in [2.05, 4.69) is 9.97 Å². The first kappa shape index (κ1) is 14.8. The minimum Gasteiger partial charge on any atom is -0.507 e. The van der Waals surface area contributed by atoms with Crippen molar-refractivity contribution in [2.75, 3.05) is 12.3 Å². The van der Waals surface area contributed by atoms with Crippen molar-refractivity contribution in [3.63, 3.8) is 0 Å². The lowest BCUT2D eigenvalue weighted by Gasteiger charge is -2.12. The molecule has 3 aromatic rings. The maximum atomic E-state index is 10.4. The van der Waals surface area contributed by atoms with Gasteiger partial charge in [0.1, 0.15) is 11.5 Å². The molecule has 116 valence electrons. The smallest absolute Gasteiger partial charge is 0.220 e. The molecular formula is C18H17N3O2. The lowest BCUT2D eigenvalue weighted by atomic mass is 10.00. The largest absolute Gasteiger partial charge is 0.507 e. The molecule has 0 saturated heterocycles. The summed E-state index contributed by atoms with van der Waals surface area (Å²) in [4.78, 5) is 8.40. The number of rotatable bonds is 4. The summed E-state index contributed by atoms with van der Waals surface area (Å²) in [6, 6.07) is 14.9. The highest BCUT2D eigenvalue weighted by Crippen LogP contribution is 2.37. The molecular weight excluding hydrogens is 290 g/mol. The van der Waals surface area contributed by atoms with Crippen LogP contribution in [0.15, 0.2) is 54.7 Å². The zero-order valence-electron chi connectivity index (χ0n) is 12.7. The van der Waals surface area contributed by atoms with Crippen LogP contribution in [0.25, 0.3) is 22.4 Å². The van der Waals surface area contributed by atoms with Gasteiger partial charge < -0.3 is 15.6 Å². The van der Waals surface area contributed by atoms with Crippen molar-refractivity contribution in [2.24, 2.45) is 0 Å². The van der Waals surface area contributed by atoms with E-state index in [-0.39, 0.29) is 11.7 Å². The van der Waals surface area contributed by atoms with Crippen molar-refractivity contribution in [1.82, 2.24) is 9.97 Å². The van der Waals surface area contributed by atoms with Crippen LogP contribution in [0, 0.1) is 0 Å². The Morgan fingerprint density at radius 3 is 2.57 bits per heavy atom. The van der Waals surface area contributed by atoms with E-state index in [1.807, 2.05) is 37.3 Å². The van der Waals surface area contributed by atoms with Crippen LogP contribution >= 0.6 is 0 Å². The molecule has 23 heavy (non-hydrogen) atoms. The van der Waals surface area contributed by atoms with Crippen LogP contribution in [0.2, 0.25) is 0 Å². The molecule has 5 nitrogen and oxygen atoms in total. The average Bonchev–Trinajstić information content (AvgIpc) is 2.56. The van der Waals surface area contributed by atoms with Crippen LogP contribution in [0.5, 0.6) is 11.5 Å². The van der Waals surface area contributed by atoms with Gasteiger partial charge >= 0.3 is 0 Å². The van der Waals surface area contributed by atoms with E-state index in [4.69, 9.17) is 10.5 Å². The molecule has 1 aromatic heterocycles. The summed E-state index contributed by atoms with van der Waals surface area (Å²) in [5.41, 5.74) is 8.67. The van der Waals surface area contributed by atoms with Crippen LogP contribution in [-0.4, -0.2) is 21.7 Å². The Morgan fingerprint density at radius 1 is 1.09 bits per heavy atom. The zero-order valence-corrected chi connectivity index (χ0v) is 12.7. The maximum Gasteiger partial charge on any atom is 0.220 e. The van der Waals surface area contributed by atoms with E-state index in [0.717, 1.165) is 11.1 Å². The molecule has 5 heteroatoms. The van der Waals surface area contributed by atoms with Gasteiger partial charge in [0.2, 0.25) is 5.95 Å². The van der Waals surface area contributed by atoms with Gasteiger partial charge in [0, 0.05) is 23.4 Å². The number of nitrogens with two attached hydrogens (primary N) is 1. The summed E-state index contributed by atoms with van der Waals surface area (Å²) in [6.45, 7) is 2.43. The van der Waals surface area contributed by atoms with Gasteiger partial charge in [-0.05, 0) is 24.6 Å². The van der Waals surface area contributed by atoms with E-state index >= 15 is 0 Å². The molecule has 0 aliphatic heterocycles. The number of nitrogens with zero attached hydrogens (tertiary/aromatic N) is 2. The minimum atomic E-state index is 0.0891. The first-order chi connectivity index (χ1) is 11.2. The van der Waals surface area contributed by atoms with Gasteiger partial charge in [-0.1, -0.05) is 30.3 Å². The number of benzene rings is 2. The summed E-state index contributed by atoms with van der Waals surface area (Å²) in [7, 11) is 0. The average molecular weight is 307 g/mol. The third kappa shape index (κ3) is 3.08. The fourth-order valence-corrected chi connectivity index (χ4v) is 2.40. The number of nitrogen functional groups attached to an aromatic ring is 1. The Labute approximate surface area is 134 Å². The fraction of sp³-hybridized carbons (Fsp3) is 0.111. The molecule has 0 unspecified atom stereocenters. The molecule has 0 amide bonds. The molecule has 0 aliphatic rings. The second-order valence-corrected chi connectivity index (χ2v) is 4.97. The highest BCUT2D eigenvalue weighted by atomic mass is 16.5. The zero-order chi connectivity index (χ0) is 16.2. The van der Waals surface area contributed by atoms with Crippen molar-refractivity contribution >= 4 is 5.95 Å².